The zero-order chi connectivity index (χ0) is 17.6. The molecule has 2 N–H and O–H groups in total. The third-order valence-electron chi connectivity index (χ3n) is 4.07. The molecule has 0 radical (unpaired) electrons. The van der Waals surface area contributed by atoms with E-state index in [0.717, 1.165) is 36.9 Å². The summed E-state index contributed by atoms with van der Waals surface area (Å²) in [5, 5.41) is 3.29. The number of H-pyrrole nitrogens is 1. The molecule has 132 valence electrons. The Morgan fingerprint density at radius 2 is 2.16 bits per heavy atom. The van der Waals surface area contributed by atoms with Crippen molar-refractivity contribution in [1.29, 1.82) is 0 Å². The van der Waals surface area contributed by atoms with Gasteiger partial charge in [0.15, 0.2) is 5.16 Å². The van der Waals surface area contributed by atoms with Crippen molar-refractivity contribution in [3.8, 4) is 0 Å². The summed E-state index contributed by atoms with van der Waals surface area (Å²) < 4.78 is 13.1. The SMILES string of the molecule is O=C(CCCSc1nc2c(c(=O)[nH]1)CCCC2)Nc1cccc(F)c1. The number of amides is 1. The summed E-state index contributed by atoms with van der Waals surface area (Å²) in [5.41, 5.74) is 2.17. The first-order valence-electron chi connectivity index (χ1n) is 8.42. The number of rotatable bonds is 6. The van der Waals surface area contributed by atoms with Gasteiger partial charge in [-0.15, -0.1) is 0 Å². The Kier molecular flexibility index (Phi) is 5.86. The minimum atomic E-state index is -0.379. The van der Waals surface area contributed by atoms with E-state index in [1.165, 1.54) is 23.9 Å². The van der Waals surface area contributed by atoms with Crippen LogP contribution in [0.15, 0.2) is 34.2 Å². The van der Waals surface area contributed by atoms with Gasteiger partial charge in [-0.05, 0) is 50.3 Å². The molecule has 0 saturated heterocycles. The maximum atomic E-state index is 13.1. The molecule has 0 atom stereocenters. The zero-order valence-corrected chi connectivity index (χ0v) is 14.6. The predicted octanol–water partition coefficient (Wildman–Crippen LogP) is 3.30. The summed E-state index contributed by atoms with van der Waals surface area (Å²) in [7, 11) is 0. The Morgan fingerprint density at radius 1 is 1.32 bits per heavy atom. The smallest absolute Gasteiger partial charge is 0.254 e. The number of aryl methyl sites for hydroxylation is 1. The molecular weight excluding hydrogens is 341 g/mol. The molecule has 1 aliphatic carbocycles. The van der Waals surface area contributed by atoms with Crippen LogP contribution in [0.1, 0.15) is 36.9 Å². The normalized spacial score (nSPS) is 13.3. The highest BCUT2D eigenvalue weighted by Crippen LogP contribution is 2.20. The van der Waals surface area contributed by atoms with Gasteiger partial charge in [0.1, 0.15) is 5.82 Å². The number of anilines is 1. The molecule has 25 heavy (non-hydrogen) atoms. The molecule has 3 rings (SSSR count). The third kappa shape index (κ3) is 4.92. The lowest BCUT2D eigenvalue weighted by atomic mass is 9.97. The Balaban J connectivity index is 1.46. The zero-order valence-electron chi connectivity index (χ0n) is 13.8. The summed E-state index contributed by atoms with van der Waals surface area (Å²) >= 11 is 1.45. The lowest BCUT2D eigenvalue weighted by Gasteiger charge is -2.14. The molecule has 7 heteroatoms. The highest BCUT2D eigenvalue weighted by molar-refractivity contribution is 7.99. The third-order valence-corrected chi connectivity index (χ3v) is 5.02. The number of aromatic amines is 1. The molecule has 1 aliphatic rings. The van der Waals surface area contributed by atoms with Gasteiger partial charge in [0, 0.05) is 23.4 Å². The van der Waals surface area contributed by atoms with Crippen LogP contribution in [0.5, 0.6) is 0 Å². The quantitative estimate of drug-likeness (QED) is 0.470. The fourth-order valence-corrected chi connectivity index (χ4v) is 3.66. The molecule has 0 unspecified atom stereocenters. The molecule has 0 bridgehead atoms. The highest BCUT2D eigenvalue weighted by Gasteiger charge is 2.15. The minimum absolute atomic E-state index is 0.0314. The number of carbonyl (C=O) groups excluding carboxylic acids is 1. The van der Waals surface area contributed by atoms with Gasteiger partial charge in [-0.1, -0.05) is 17.8 Å². The standard InChI is InChI=1S/C18H20FN3O2S/c19-12-5-3-6-13(11-12)20-16(23)9-4-10-25-18-21-15-8-2-1-7-14(15)17(24)22-18/h3,5-6,11H,1-2,4,7-10H2,(H,20,23)(H,21,22,24). The van der Waals surface area contributed by atoms with E-state index in [4.69, 9.17) is 0 Å². The molecule has 1 aromatic carbocycles. The molecule has 0 spiro atoms. The number of hydrogen-bond donors (Lipinski definition) is 2. The van der Waals surface area contributed by atoms with Gasteiger partial charge in [0.05, 0.1) is 5.69 Å². The van der Waals surface area contributed by atoms with Crippen LogP contribution in [0.25, 0.3) is 0 Å². The fourth-order valence-electron chi connectivity index (χ4n) is 2.84. The van der Waals surface area contributed by atoms with Gasteiger partial charge in [-0.25, -0.2) is 9.37 Å². The number of hydrogen-bond acceptors (Lipinski definition) is 4. The van der Waals surface area contributed by atoms with Crippen molar-refractivity contribution in [3.63, 3.8) is 0 Å². The van der Waals surface area contributed by atoms with E-state index in [0.29, 0.717) is 29.4 Å². The predicted molar refractivity (Wildman–Crippen MR) is 96.5 cm³/mol. The molecule has 5 nitrogen and oxygen atoms in total. The minimum Gasteiger partial charge on any atom is -0.326 e. The topological polar surface area (TPSA) is 74.8 Å². The Morgan fingerprint density at radius 3 is 3.00 bits per heavy atom. The van der Waals surface area contributed by atoms with Crippen LogP contribution < -0.4 is 10.9 Å². The average Bonchev–Trinajstić information content (AvgIpc) is 2.59. The Labute approximate surface area is 149 Å². The first-order chi connectivity index (χ1) is 12.1. The number of thioether (sulfide) groups is 1. The lowest BCUT2D eigenvalue weighted by Crippen LogP contribution is -2.21. The van der Waals surface area contributed by atoms with Crippen LogP contribution in [0.2, 0.25) is 0 Å². The van der Waals surface area contributed by atoms with Crippen molar-refractivity contribution in [1.82, 2.24) is 9.97 Å². The summed E-state index contributed by atoms with van der Waals surface area (Å²) in [6.07, 6.45) is 4.77. The number of fused-ring (bicyclic) bond motifs is 1. The van der Waals surface area contributed by atoms with Crippen LogP contribution in [0, 0.1) is 5.82 Å². The van der Waals surface area contributed by atoms with Gasteiger partial charge in [0.25, 0.3) is 5.56 Å². The first kappa shape index (κ1) is 17.7. The molecule has 0 fully saturated rings. The summed E-state index contributed by atoms with van der Waals surface area (Å²) in [5.74, 6) is 0.145. The van der Waals surface area contributed by atoms with E-state index in [9.17, 15) is 14.0 Å². The number of carbonyl (C=O) groups is 1. The second-order valence-electron chi connectivity index (χ2n) is 6.01. The van der Waals surface area contributed by atoms with Gasteiger partial charge in [0.2, 0.25) is 5.91 Å². The molecule has 1 aromatic heterocycles. The number of halogens is 1. The van der Waals surface area contributed by atoms with Crippen LogP contribution in [-0.4, -0.2) is 21.6 Å². The molecule has 0 aliphatic heterocycles. The second-order valence-corrected chi connectivity index (χ2v) is 7.10. The summed E-state index contributed by atoms with van der Waals surface area (Å²) in [4.78, 5) is 31.3. The molecular formula is C18H20FN3O2S. The molecule has 1 amide bonds. The van der Waals surface area contributed by atoms with Crippen LogP contribution in [0.3, 0.4) is 0 Å². The van der Waals surface area contributed by atoms with Crippen LogP contribution in [0.4, 0.5) is 10.1 Å². The maximum absolute atomic E-state index is 13.1. The van der Waals surface area contributed by atoms with Crippen molar-refractivity contribution in [2.75, 3.05) is 11.1 Å². The van der Waals surface area contributed by atoms with E-state index in [-0.39, 0.29) is 17.3 Å². The van der Waals surface area contributed by atoms with E-state index in [1.807, 2.05) is 0 Å². The number of aromatic nitrogens is 2. The highest BCUT2D eigenvalue weighted by atomic mass is 32.2. The molecule has 1 heterocycles. The number of nitrogens with zero attached hydrogens (tertiary/aromatic N) is 1. The van der Waals surface area contributed by atoms with Gasteiger partial charge < -0.3 is 10.3 Å². The molecule has 2 aromatic rings. The van der Waals surface area contributed by atoms with E-state index < -0.39 is 0 Å². The fraction of sp³-hybridized carbons (Fsp3) is 0.389. The lowest BCUT2D eigenvalue weighted by molar-refractivity contribution is -0.116. The van der Waals surface area contributed by atoms with E-state index in [2.05, 4.69) is 15.3 Å². The van der Waals surface area contributed by atoms with Crippen LogP contribution >= 0.6 is 11.8 Å². The van der Waals surface area contributed by atoms with Crippen molar-refractivity contribution < 1.29 is 9.18 Å². The summed E-state index contributed by atoms with van der Waals surface area (Å²) in [6.45, 7) is 0. The Hall–Kier alpha value is -2.15. The van der Waals surface area contributed by atoms with Crippen molar-refractivity contribution in [3.05, 3.63) is 51.7 Å². The maximum Gasteiger partial charge on any atom is 0.254 e. The van der Waals surface area contributed by atoms with Crippen molar-refractivity contribution in [2.45, 2.75) is 43.7 Å². The average molecular weight is 361 g/mol. The van der Waals surface area contributed by atoms with E-state index >= 15 is 0 Å². The largest absolute Gasteiger partial charge is 0.326 e. The second kappa shape index (κ2) is 8.29. The number of nitrogens with one attached hydrogen (secondary N) is 2. The van der Waals surface area contributed by atoms with Crippen molar-refractivity contribution in [2.24, 2.45) is 0 Å². The monoisotopic (exact) mass is 361 g/mol. The van der Waals surface area contributed by atoms with Crippen LogP contribution in [-0.2, 0) is 17.6 Å². The van der Waals surface area contributed by atoms with Gasteiger partial charge in [-0.2, -0.15) is 0 Å². The molecule has 0 saturated carbocycles. The van der Waals surface area contributed by atoms with Gasteiger partial charge in [-0.3, -0.25) is 9.59 Å². The Bertz CT molecular complexity index is 822. The first-order valence-corrected chi connectivity index (χ1v) is 9.40. The van der Waals surface area contributed by atoms with Crippen molar-refractivity contribution >= 4 is 23.4 Å². The number of benzene rings is 1. The van der Waals surface area contributed by atoms with E-state index in [1.54, 1.807) is 12.1 Å². The summed E-state index contributed by atoms with van der Waals surface area (Å²) in [6, 6.07) is 5.82. The van der Waals surface area contributed by atoms with Gasteiger partial charge >= 0.3 is 0 Å².